The first kappa shape index (κ1) is 21.7. The topological polar surface area (TPSA) is 51.2 Å². The Morgan fingerprint density at radius 2 is 1.96 bits per heavy atom. The summed E-state index contributed by atoms with van der Waals surface area (Å²) < 4.78 is 56.3. The Bertz CT molecular complexity index is 790. The van der Waals surface area contributed by atoms with Crippen LogP contribution in [0.1, 0.15) is 35.5 Å². The maximum absolute atomic E-state index is 13.5. The highest BCUT2D eigenvalue weighted by Gasteiger charge is 2.29. The molecule has 1 heterocycles. The van der Waals surface area contributed by atoms with Gasteiger partial charge in [0, 0.05) is 24.7 Å². The minimum atomic E-state index is -4.49. The molecule has 1 amide bonds. The highest BCUT2D eigenvalue weighted by molar-refractivity contribution is 5.92. The molecule has 28 heavy (non-hydrogen) atoms. The fraction of sp³-hybridized carbons (Fsp3) is 0.400. The van der Waals surface area contributed by atoms with Gasteiger partial charge in [-0.3, -0.25) is 9.78 Å². The molecular weight excluding hydrogens is 376 g/mol. The van der Waals surface area contributed by atoms with E-state index in [4.69, 9.17) is 4.74 Å². The summed E-state index contributed by atoms with van der Waals surface area (Å²) in [6.07, 6.45) is -3.85. The van der Waals surface area contributed by atoms with Crippen molar-refractivity contribution >= 4 is 5.91 Å². The third-order valence-electron chi connectivity index (χ3n) is 3.80. The average molecular weight is 398 g/mol. The number of ether oxygens (including phenoxy) is 1. The lowest BCUT2D eigenvalue weighted by Gasteiger charge is -2.11. The van der Waals surface area contributed by atoms with E-state index in [0.717, 1.165) is 17.7 Å². The third kappa shape index (κ3) is 7.17. The average Bonchev–Trinajstić information content (AvgIpc) is 2.61. The van der Waals surface area contributed by atoms with Gasteiger partial charge in [0.05, 0.1) is 13.0 Å². The number of pyridine rings is 1. The molecule has 1 N–H and O–H groups in total. The van der Waals surface area contributed by atoms with Gasteiger partial charge in [-0.15, -0.1) is 0 Å². The number of nitrogens with one attached hydrogen (secondary N) is 1. The number of aromatic nitrogens is 1. The van der Waals surface area contributed by atoms with Crippen LogP contribution in [0.15, 0.2) is 36.5 Å². The number of amides is 1. The number of carbonyl (C=O) groups is 1. The van der Waals surface area contributed by atoms with Crippen LogP contribution in [-0.4, -0.2) is 30.2 Å². The van der Waals surface area contributed by atoms with Gasteiger partial charge in [-0.1, -0.05) is 19.9 Å². The second-order valence-electron chi connectivity index (χ2n) is 6.80. The number of alkyl halides is 3. The molecular formula is C20H22F4N2O2. The van der Waals surface area contributed by atoms with Crippen molar-refractivity contribution in [1.29, 1.82) is 0 Å². The Labute approximate surface area is 160 Å². The highest BCUT2D eigenvalue weighted by atomic mass is 19.4. The zero-order valence-electron chi connectivity index (χ0n) is 15.6. The van der Waals surface area contributed by atoms with Gasteiger partial charge in [-0.05, 0) is 35.7 Å². The second-order valence-corrected chi connectivity index (χ2v) is 6.80. The molecule has 152 valence electrons. The number of rotatable bonds is 8. The molecule has 0 saturated heterocycles. The molecule has 0 spiro atoms. The lowest BCUT2D eigenvalue weighted by atomic mass is 10.1. The number of benzene rings is 1. The predicted octanol–water partition coefficient (Wildman–Crippen LogP) is 4.33. The van der Waals surface area contributed by atoms with Gasteiger partial charge in [0.15, 0.2) is 0 Å². The van der Waals surface area contributed by atoms with Crippen LogP contribution in [0.5, 0.6) is 5.75 Å². The van der Waals surface area contributed by atoms with Crippen molar-refractivity contribution in [1.82, 2.24) is 10.3 Å². The van der Waals surface area contributed by atoms with Crippen LogP contribution in [0.2, 0.25) is 0 Å². The molecule has 2 rings (SSSR count). The van der Waals surface area contributed by atoms with Crippen molar-refractivity contribution in [2.75, 3.05) is 13.2 Å². The van der Waals surface area contributed by atoms with Crippen molar-refractivity contribution in [3.8, 4) is 5.75 Å². The number of carbonyl (C=O) groups excluding carboxylic acids is 1. The zero-order valence-corrected chi connectivity index (χ0v) is 15.6. The molecule has 8 heteroatoms. The van der Waals surface area contributed by atoms with Crippen molar-refractivity contribution in [2.24, 2.45) is 5.92 Å². The lowest BCUT2D eigenvalue weighted by molar-refractivity contribution is -0.127. The van der Waals surface area contributed by atoms with E-state index in [1.54, 1.807) is 18.3 Å². The minimum Gasteiger partial charge on any atom is -0.493 e. The standard InChI is InChI=1S/C20H22F4N2O2/c1-13(2)11-26-19(27)18-6-3-14(12-25-18)7-8-28-16-4-5-17(21)15(9-16)10-20(22,23)24/h3-6,9,12-13H,7-8,10-11H2,1-2H3,(H,26,27). The van der Waals surface area contributed by atoms with Crippen molar-refractivity contribution in [3.63, 3.8) is 0 Å². The first-order valence-corrected chi connectivity index (χ1v) is 8.85. The Morgan fingerprint density at radius 1 is 1.21 bits per heavy atom. The van der Waals surface area contributed by atoms with Crippen LogP contribution in [0.3, 0.4) is 0 Å². The zero-order chi connectivity index (χ0) is 20.7. The minimum absolute atomic E-state index is 0.165. The van der Waals surface area contributed by atoms with E-state index in [9.17, 15) is 22.4 Å². The summed E-state index contributed by atoms with van der Waals surface area (Å²) in [4.78, 5) is 16.0. The van der Waals surface area contributed by atoms with Gasteiger partial charge in [-0.25, -0.2) is 4.39 Å². The Balaban J connectivity index is 1.88. The van der Waals surface area contributed by atoms with Crippen molar-refractivity contribution in [2.45, 2.75) is 32.9 Å². The molecule has 0 aliphatic carbocycles. The molecule has 1 aromatic carbocycles. The van der Waals surface area contributed by atoms with Crippen LogP contribution in [0.25, 0.3) is 0 Å². The Kier molecular flexibility index (Phi) is 7.37. The van der Waals surface area contributed by atoms with Crippen LogP contribution in [0.4, 0.5) is 17.6 Å². The van der Waals surface area contributed by atoms with E-state index >= 15 is 0 Å². The molecule has 0 bridgehead atoms. The summed E-state index contributed by atoms with van der Waals surface area (Å²) in [5.41, 5.74) is 0.655. The van der Waals surface area contributed by atoms with Crippen LogP contribution < -0.4 is 10.1 Å². The molecule has 0 saturated carbocycles. The molecule has 0 unspecified atom stereocenters. The molecule has 0 fully saturated rings. The molecule has 2 aromatic rings. The smallest absolute Gasteiger partial charge is 0.393 e. The third-order valence-corrected chi connectivity index (χ3v) is 3.80. The summed E-state index contributed by atoms with van der Waals surface area (Å²) in [5.74, 6) is -0.665. The van der Waals surface area contributed by atoms with E-state index in [2.05, 4.69) is 10.3 Å². The SMILES string of the molecule is CC(C)CNC(=O)c1ccc(CCOc2ccc(F)c(CC(F)(F)F)c2)cn1. The second kappa shape index (κ2) is 9.52. The molecule has 0 radical (unpaired) electrons. The van der Waals surface area contributed by atoms with E-state index in [1.165, 1.54) is 6.07 Å². The maximum Gasteiger partial charge on any atom is 0.393 e. The highest BCUT2D eigenvalue weighted by Crippen LogP contribution is 2.25. The first-order chi connectivity index (χ1) is 13.1. The van der Waals surface area contributed by atoms with Gasteiger partial charge < -0.3 is 10.1 Å². The lowest BCUT2D eigenvalue weighted by Crippen LogP contribution is -2.28. The molecule has 4 nitrogen and oxygen atoms in total. The van der Waals surface area contributed by atoms with Gasteiger partial charge in [0.1, 0.15) is 17.3 Å². The number of hydrogen-bond donors (Lipinski definition) is 1. The van der Waals surface area contributed by atoms with E-state index < -0.39 is 24.0 Å². The van der Waals surface area contributed by atoms with Crippen LogP contribution in [0, 0.1) is 11.7 Å². The quantitative estimate of drug-likeness (QED) is 0.674. The molecule has 1 aromatic heterocycles. The van der Waals surface area contributed by atoms with E-state index in [1.807, 2.05) is 13.8 Å². The molecule has 0 atom stereocenters. The summed E-state index contributed by atoms with van der Waals surface area (Å²) >= 11 is 0. The number of hydrogen-bond acceptors (Lipinski definition) is 3. The van der Waals surface area contributed by atoms with Gasteiger partial charge >= 0.3 is 6.18 Å². The normalized spacial score (nSPS) is 11.5. The van der Waals surface area contributed by atoms with Gasteiger partial charge in [0.25, 0.3) is 5.91 Å². The largest absolute Gasteiger partial charge is 0.493 e. The van der Waals surface area contributed by atoms with Crippen LogP contribution in [-0.2, 0) is 12.8 Å². The predicted molar refractivity (Wildman–Crippen MR) is 96.8 cm³/mol. The molecule has 0 aliphatic rings. The van der Waals surface area contributed by atoms with Gasteiger partial charge in [-0.2, -0.15) is 13.2 Å². The number of nitrogens with zero attached hydrogens (tertiary/aromatic N) is 1. The monoisotopic (exact) mass is 398 g/mol. The van der Waals surface area contributed by atoms with Crippen molar-refractivity contribution in [3.05, 3.63) is 59.2 Å². The Hall–Kier alpha value is -2.64. The maximum atomic E-state index is 13.5. The fourth-order valence-corrected chi connectivity index (χ4v) is 2.37. The fourth-order valence-electron chi connectivity index (χ4n) is 2.37. The van der Waals surface area contributed by atoms with Gasteiger partial charge in [0.2, 0.25) is 0 Å². The summed E-state index contributed by atoms with van der Waals surface area (Å²) in [7, 11) is 0. The van der Waals surface area contributed by atoms with Crippen LogP contribution >= 0.6 is 0 Å². The van der Waals surface area contributed by atoms with E-state index in [-0.39, 0.29) is 18.3 Å². The number of halogens is 4. The van der Waals surface area contributed by atoms with Crippen molar-refractivity contribution < 1.29 is 27.1 Å². The van der Waals surface area contributed by atoms with E-state index in [0.29, 0.717) is 24.6 Å². The first-order valence-electron chi connectivity index (χ1n) is 8.85. The summed E-state index contributed by atoms with van der Waals surface area (Å²) in [6, 6.07) is 6.64. The Morgan fingerprint density at radius 3 is 2.57 bits per heavy atom. The summed E-state index contributed by atoms with van der Waals surface area (Å²) in [5, 5.41) is 2.77. The summed E-state index contributed by atoms with van der Waals surface area (Å²) in [6.45, 7) is 4.72. The molecule has 0 aliphatic heterocycles.